The van der Waals surface area contributed by atoms with Gasteiger partial charge in [0.1, 0.15) is 6.26 Å². The molecule has 0 atom stereocenters. The molecule has 5 nitrogen and oxygen atoms in total. The van der Waals surface area contributed by atoms with Gasteiger partial charge in [-0.05, 0) is 31.0 Å². The first-order valence-corrected chi connectivity index (χ1v) is 7.90. The molecule has 0 saturated carbocycles. The molecule has 6 heteroatoms. The summed E-state index contributed by atoms with van der Waals surface area (Å²) in [4.78, 5) is 26.3. The van der Waals surface area contributed by atoms with Crippen LogP contribution >= 0.6 is 11.6 Å². The Kier molecular flexibility index (Phi) is 4.67. The van der Waals surface area contributed by atoms with Crippen LogP contribution in [-0.2, 0) is 4.79 Å². The molecule has 1 aromatic heterocycles. The monoisotopic (exact) mass is 332 g/mol. The first kappa shape index (κ1) is 15.6. The van der Waals surface area contributed by atoms with Crippen molar-refractivity contribution in [3.8, 4) is 0 Å². The predicted molar refractivity (Wildman–Crippen MR) is 87.4 cm³/mol. The first-order valence-electron chi connectivity index (χ1n) is 7.52. The van der Waals surface area contributed by atoms with E-state index in [0.717, 1.165) is 0 Å². The molecule has 0 radical (unpaired) electrons. The maximum absolute atomic E-state index is 12.3. The maximum atomic E-state index is 12.3. The van der Waals surface area contributed by atoms with Crippen molar-refractivity contribution < 1.29 is 14.0 Å². The normalized spacial score (nSPS) is 15.4. The van der Waals surface area contributed by atoms with Gasteiger partial charge in [0.05, 0.1) is 22.5 Å². The van der Waals surface area contributed by atoms with E-state index in [4.69, 9.17) is 16.0 Å². The number of hydrogen-bond donors (Lipinski definition) is 1. The van der Waals surface area contributed by atoms with Crippen molar-refractivity contribution in [2.24, 2.45) is 5.92 Å². The van der Waals surface area contributed by atoms with Crippen molar-refractivity contribution in [2.45, 2.75) is 12.8 Å². The molecular weight excluding hydrogens is 316 g/mol. The van der Waals surface area contributed by atoms with Crippen molar-refractivity contribution in [1.29, 1.82) is 0 Å². The van der Waals surface area contributed by atoms with E-state index in [0.29, 0.717) is 42.2 Å². The fourth-order valence-corrected chi connectivity index (χ4v) is 2.89. The molecule has 1 aromatic carbocycles. The minimum absolute atomic E-state index is 0.0477. The highest BCUT2D eigenvalue weighted by Crippen LogP contribution is 2.24. The first-order chi connectivity index (χ1) is 11.1. The average molecular weight is 333 g/mol. The van der Waals surface area contributed by atoms with Gasteiger partial charge in [0.2, 0.25) is 5.91 Å². The zero-order chi connectivity index (χ0) is 16.2. The number of nitrogens with zero attached hydrogens (tertiary/aromatic N) is 1. The SMILES string of the molecule is O=C(Nc1ccccc1Cl)C1CCN(C(=O)c2ccoc2)CC1. The van der Waals surface area contributed by atoms with Gasteiger partial charge in [-0.2, -0.15) is 0 Å². The molecular formula is C17H17ClN2O3. The Morgan fingerprint density at radius 2 is 1.91 bits per heavy atom. The Labute approximate surface area is 139 Å². The summed E-state index contributed by atoms with van der Waals surface area (Å²) >= 11 is 6.05. The third kappa shape index (κ3) is 3.56. The summed E-state index contributed by atoms with van der Waals surface area (Å²) in [5.74, 6) is -0.211. The minimum atomic E-state index is -0.111. The molecule has 0 unspecified atom stereocenters. The van der Waals surface area contributed by atoms with Crippen LogP contribution in [0.5, 0.6) is 0 Å². The Balaban J connectivity index is 1.55. The number of benzene rings is 1. The van der Waals surface area contributed by atoms with Crippen LogP contribution in [-0.4, -0.2) is 29.8 Å². The Bertz CT molecular complexity index is 692. The fourth-order valence-electron chi connectivity index (χ4n) is 2.71. The van der Waals surface area contributed by atoms with E-state index < -0.39 is 0 Å². The number of piperidine rings is 1. The lowest BCUT2D eigenvalue weighted by Crippen LogP contribution is -2.41. The number of hydrogen-bond acceptors (Lipinski definition) is 3. The molecule has 1 saturated heterocycles. The number of para-hydroxylation sites is 1. The number of rotatable bonds is 3. The van der Waals surface area contributed by atoms with Crippen LogP contribution in [0, 0.1) is 5.92 Å². The molecule has 1 aliphatic rings. The topological polar surface area (TPSA) is 62.6 Å². The van der Waals surface area contributed by atoms with Crippen LogP contribution in [0.25, 0.3) is 0 Å². The molecule has 2 aromatic rings. The lowest BCUT2D eigenvalue weighted by molar-refractivity contribution is -0.121. The van der Waals surface area contributed by atoms with E-state index in [1.165, 1.54) is 12.5 Å². The molecule has 0 aliphatic carbocycles. The summed E-state index contributed by atoms with van der Waals surface area (Å²) in [6.45, 7) is 1.12. The quantitative estimate of drug-likeness (QED) is 0.936. The number of carbonyl (C=O) groups is 2. The summed E-state index contributed by atoms with van der Waals surface area (Å²) in [5.41, 5.74) is 1.17. The summed E-state index contributed by atoms with van der Waals surface area (Å²) in [6.07, 6.45) is 4.20. The lowest BCUT2D eigenvalue weighted by Gasteiger charge is -2.31. The van der Waals surface area contributed by atoms with Crippen LogP contribution in [0.1, 0.15) is 23.2 Å². The number of halogens is 1. The zero-order valence-corrected chi connectivity index (χ0v) is 13.3. The third-order valence-corrected chi connectivity index (χ3v) is 4.38. The number of amides is 2. The van der Waals surface area contributed by atoms with Gasteiger partial charge in [0.25, 0.3) is 5.91 Å². The zero-order valence-electron chi connectivity index (χ0n) is 12.5. The molecule has 120 valence electrons. The molecule has 2 heterocycles. The van der Waals surface area contributed by atoms with E-state index in [9.17, 15) is 9.59 Å². The highest BCUT2D eigenvalue weighted by Gasteiger charge is 2.28. The van der Waals surface area contributed by atoms with Crippen molar-refractivity contribution in [1.82, 2.24) is 4.90 Å². The van der Waals surface area contributed by atoms with Crippen LogP contribution < -0.4 is 5.32 Å². The standard InChI is InChI=1S/C17H17ClN2O3/c18-14-3-1-2-4-15(14)19-16(21)12-5-8-20(9-6-12)17(22)13-7-10-23-11-13/h1-4,7,10-12H,5-6,8-9H2,(H,19,21). The van der Waals surface area contributed by atoms with E-state index in [2.05, 4.69) is 5.32 Å². The molecule has 2 amide bonds. The molecule has 1 aliphatic heterocycles. The molecule has 1 N–H and O–H groups in total. The van der Waals surface area contributed by atoms with Crippen LogP contribution in [0.4, 0.5) is 5.69 Å². The third-order valence-electron chi connectivity index (χ3n) is 4.05. The number of furan rings is 1. The van der Waals surface area contributed by atoms with Gasteiger partial charge in [-0.1, -0.05) is 23.7 Å². The number of carbonyl (C=O) groups excluding carboxylic acids is 2. The lowest BCUT2D eigenvalue weighted by atomic mass is 9.95. The van der Waals surface area contributed by atoms with Gasteiger partial charge in [-0.25, -0.2) is 0 Å². The number of nitrogens with one attached hydrogen (secondary N) is 1. The minimum Gasteiger partial charge on any atom is -0.472 e. The average Bonchev–Trinajstić information content (AvgIpc) is 3.11. The maximum Gasteiger partial charge on any atom is 0.257 e. The second-order valence-corrected chi connectivity index (χ2v) is 5.95. The van der Waals surface area contributed by atoms with E-state index >= 15 is 0 Å². The molecule has 1 fully saturated rings. The van der Waals surface area contributed by atoms with E-state index in [1.54, 1.807) is 23.1 Å². The number of likely N-dealkylation sites (tertiary alicyclic amines) is 1. The highest BCUT2D eigenvalue weighted by atomic mass is 35.5. The Morgan fingerprint density at radius 3 is 2.57 bits per heavy atom. The smallest absolute Gasteiger partial charge is 0.257 e. The van der Waals surface area contributed by atoms with Crippen molar-refractivity contribution >= 4 is 29.1 Å². The summed E-state index contributed by atoms with van der Waals surface area (Å²) in [7, 11) is 0. The van der Waals surface area contributed by atoms with Gasteiger partial charge >= 0.3 is 0 Å². The molecule has 3 rings (SSSR count). The van der Waals surface area contributed by atoms with Crippen molar-refractivity contribution in [3.63, 3.8) is 0 Å². The Hall–Kier alpha value is -2.27. The van der Waals surface area contributed by atoms with E-state index in [-0.39, 0.29) is 17.7 Å². The fraction of sp³-hybridized carbons (Fsp3) is 0.294. The second kappa shape index (κ2) is 6.87. The van der Waals surface area contributed by atoms with Crippen molar-refractivity contribution in [3.05, 3.63) is 53.4 Å². The van der Waals surface area contributed by atoms with Gasteiger partial charge < -0.3 is 14.6 Å². The summed E-state index contributed by atoms with van der Waals surface area (Å²) in [5, 5.41) is 3.38. The van der Waals surface area contributed by atoms with Gasteiger partial charge in [-0.3, -0.25) is 9.59 Å². The largest absolute Gasteiger partial charge is 0.472 e. The summed E-state index contributed by atoms with van der Waals surface area (Å²) in [6, 6.07) is 8.81. The Morgan fingerprint density at radius 1 is 1.17 bits per heavy atom. The molecule has 23 heavy (non-hydrogen) atoms. The molecule has 0 bridgehead atoms. The van der Waals surface area contributed by atoms with E-state index in [1.807, 2.05) is 12.1 Å². The van der Waals surface area contributed by atoms with Gasteiger partial charge in [0.15, 0.2) is 0 Å². The van der Waals surface area contributed by atoms with Crippen molar-refractivity contribution in [2.75, 3.05) is 18.4 Å². The number of anilines is 1. The van der Waals surface area contributed by atoms with Crippen LogP contribution in [0.2, 0.25) is 5.02 Å². The predicted octanol–water partition coefficient (Wildman–Crippen LogP) is 3.42. The second-order valence-electron chi connectivity index (χ2n) is 5.55. The van der Waals surface area contributed by atoms with Crippen LogP contribution in [0.15, 0.2) is 47.3 Å². The van der Waals surface area contributed by atoms with Crippen LogP contribution in [0.3, 0.4) is 0 Å². The molecule has 0 spiro atoms. The highest BCUT2D eigenvalue weighted by molar-refractivity contribution is 6.33. The van der Waals surface area contributed by atoms with Gasteiger partial charge in [0, 0.05) is 19.0 Å². The van der Waals surface area contributed by atoms with Gasteiger partial charge in [-0.15, -0.1) is 0 Å². The summed E-state index contributed by atoms with van der Waals surface area (Å²) < 4.78 is 4.94.